The molecule has 1 heterocycles. The number of carbonyl (C=O) groups is 1. The zero-order chi connectivity index (χ0) is 20.4. The number of alkyl halides is 3. The Morgan fingerprint density at radius 2 is 1.68 bits per heavy atom. The van der Waals surface area contributed by atoms with Crippen LogP contribution in [0.2, 0.25) is 0 Å². The summed E-state index contributed by atoms with van der Waals surface area (Å²) in [6.07, 6.45) is -4.75. The summed E-state index contributed by atoms with van der Waals surface area (Å²) >= 11 is 0. The van der Waals surface area contributed by atoms with Crippen LogP contribution in [0, 0.1) is 0 Å². The molecule has 1 N–H and O–H groups in total. The number of carbonyl (C=O) groups excluding carboxylic acids is 1. The third-order valence-corrected chi connectivity index (χ3v) is 5.03. The molecule has 0 amide bonds. The molecular formula is C17H12F3N3O4S. The molecule has 0 saturated heterocycles. The van der Waals surface area contributed by atoms with Crippen molar-refractivity contribution < 1.29 is 30.9 Å². The third-order valence-electron chi connectivity index (χ3n) is 3.61. The number of benzene rings is 2. The molecule has 0 unspecified atom stereocenters. The number of ketones is 1. The monoisotopic (exact) mass is 411 g/mol. The van der Waals surface area contributed by atoms with Gasteiger partial charge in [-0.15, -0.1) is 0 Å². The van der Waals surface area contributed by atoms with Gasteiger partial charge in [-0.1, -0.05) is 47.6 Å². The van der Waals surface area contributed by atoms with Gasteiger partial charge < -0.3 is 4.52 Å². The van der Waals surface area contributed by atoms with Crippen LogP contribution in [0.1, 0.15) is 16.2 Å². The highest BCUT2D eigenvalue weighted by Gasteiger charge is 2.38. The van der Waals surface area contributed by atoms with Gasteiger partial charge in [-0.25, -0.2) is 13.1 Å². The van der Waals surface area contributed by atoms with Crippen LogP contribution in [0.5, 0.6) is 0 Å². The molecule has 0 bridgehead atoms. The molecule has 3 rings (SSSR count). The molecule has 28 heavy (non-hydrogen) atoms. The Hall–Kier alpha value is -3.05. The summed E-state index contributed by atoms with van der Waals surface area (Å²) in [6, 6.07) is 12.9. The van der Waals surface area contributed by atoms with E-state index in [1.807, 2.05) is 0 Å². The van der Waals surface area contributed by atoms with Crippen LogP contribution in [0.15, 0.2) is 64.0 Å². The topological polar surface area (TPSA) is 102 Å². The molecule has 0 fully saturated rings. The predicted molar refractivity (Wildman–Crippen MR) is 90.7 cm³/mol. The van der Waals surface area contributed by atoms with E-state index in [9.17, 15) is 26.4 Å². The maximum Gasteiger partial charge on any atom is 0.471 e. The van der Waals surface area contributed by atoms with Crippen molar-refractivity contribution in [1.29, 1.82) is 0 Å². The van der Waals surface area contributed by atoms with Crippen molar-refractivity contribution in [2.45, 2.75) is 11.1 Å². The van der Waals surface area contributed by atoms with Gasteiger partial charge in [0.1, 0.15) is 0 Å². The van der Waals surface area contributed by atoms with Crippen molar-refractivity contribution in [1.82, 2.24) is 14.9 Å². The van der Waals surface area contributed by atoms with Gasteiger partial charge in [-0.05, 0) is 12.1 Å². The zero-order valence-electron chi connectivity index (χ0n) is 14.0. The van der Waals surface area contributed by atoms with E-state index in [1.165, 1.54) is 36.4 Å². The Morgan fingerprint density at radius 3 is 2.25 bits per heavy atom. The van der Waals surface area contributed by atoms with Gasteiger partial charge in [0.25, 0.3) is 0 Å². The maximum absolute atomic E-state index is 12.5. The molecule has 11 heteroatoms. The first kappa shape index (κ1) is 19.7. The van der Waals surface area contributed by atoms with Crippen LogP contribution in [-0.2, 0) is 16.2 Å². The number of Topliss-reactive ketones (excluding diaryl/α,β-unsaturated/α-hetero) is 1. The van der Waals surface area contributed by atoms with Gasteiger partial charge in [0.2, 0.25) is 15.8 Å². The molecule has 3 aromatic rings. The first-order chi connectivity index (χ1) is 13.2. The Kier molecular flexibility index (Phi) is 5.29. The smallest absolute Gasteiger partial charge is 0.329 e. The molecule has 0 atom stereocenters. The molecule has 0 spiro atoms. The van der Waals surface area contributed by atoms with E-state index in [2.05, 4.69) is 19.4 Å². The molecule has 2 aromatic carbocycles. The van der Waals surface area contributed by atoms with E-state index >= 15 is 0 Å². The van der Waals surface area contributed by atoms with Crippen LogP contribution in [0.25, 0.3) is 11.4 Å². The average molecular weight is 411 g/mol. The largest absolute Gasteiger partial charge is 0.471 e. The van der Waals surface area contributed by atoms with Gasteiger partial charge >= 0.3 is 12.1 Å². The lowest BCUT2D eigenvalue weighted by Gasteiger charge is -2.06. The zero-order valence-corrected chi connectivity index (χ0v) is 14.8. The summed E-state index contributed by atoms with van der Waals surface area (Å²) in [7, 11) is -3.84. The van der Waals surface area contributed by atoms with E-state index in [0.29, 0.717) is 0 Å². The van der Waals surface area contributed by atoms with Gasteiger partial charge in [-0.2, -0.15) is 18.2 Å². The van der Waals surface area contributed by atoms with Crippen molar-refractivity contribution in [2.75, 3.05) is 6.54 Å². The second kappa shape index (κ2) is 7.52. The molecule has 7 nitrogen and oxygen atoms in total. The van der Waals surface area contributed by atoms with E-state index in [0.717, 1.165) is 0 Å². The Labute approximate surface area is 157 Å². The standard InChI is InChI=1S/C17H12F3N3O4S/c18-17(19,20)16-22-15(23-27-16)12-8-6-11(7-9-12)14(24)10-21-28(25,26)13-4-2-1-3-5-13/h1-9,21H,10H2. The minimum absolute atomic E-state index is 0.0238. The van der Waals surface area contributed by atoms with Gasteiger partial charge in [0.15, 0.2) is 5.78 Å². The number of sulfonamides is 1. The Bertz CT molecular complexity index is 1080. The predicted octanol–water partition coefficient (Wildman–Crippen LogP) is 2.92. The van der Waals surface area contributed by atoms with Gasteiger partial charge in [-0.3, -0.25) is 4.79 Å². The average Bonchev–Trinajstić information content (AvgIpc) is 3.18. The number of hydrogen-bond donors (Lipinski definition) is 1. The Morgan fingerprint density at radius 1 is 1.04 bits per heavy atom. The van der Waals surface area contributed by atoms with Gasteiger partial charge in [0, 0.05) is 11.1 Å². The normalized spacial score (nSPS) is 12.1. The number of aromatic nitrogens is 2. The molecule has 0 saturated carbocycles. The summed E-state index contributed by atoms with van der Waals surface area (Å²) in [4.78, 5) is 15.5. The molecule has 0 aliphatic carbocycles. The lowest BCUT2D eigenvalue weighted by Crippen LogP contribution is -2.29. The quantitative estimate of drug-likeness (QED) is 0.626. The summed E-state index contributed by atoms with van der Waals surface area (Å²) in [6.45, 7) is -0.475. The van der Waals surface area contributed by atoms with Gasteiger partial charge in [0.05, 0.1) is 11.4 Å². The minimum atomic E-state index is -4.75. The highest BCUT2D eigenvalue weighted by atomic mass is 32.2. The lowest BCUT2D eigenvalue weighted by molar-refractivity contribution is -0.159. The van der Waals surface area contributed by atoms with E-state index in [1.54, 1.807) is 18.2 Å². The molecular weight excluding hydrogens is 399 g/mol. The van der Waals surface area contributed by atoms with Crippen molar-refractivity contribution >= 4 is 15.8 Å². The number of hydrogen-bond acceptors (Lipinski definition) is 6. The van der Waals surface area contributed by atoms with Crippen molar-refractivity contribution in [3.63, 3.8) is 0 Å². The summed E-state index contributed by atoms with van der Waals surface area (Å²) in [5.41, 5.74) is 0.375. The number of nitrogens with one attached hydrogen (secondary N) is 1. The minimum Gasteiger partial charge on any atom is -0.329 e. The number of halogens is 3. The molecule has 146 valence electrons. The van der Waals surface area contributed by atoms with Crippen LogP contribution in [0.4, 0.5) is 13.2 Å². The lowest BCUT2D eigenvalue weighted by atomic mass is 10.1. The van der Waals surface area contributed by atoms with Crippen LogP contribution in [-0.4, -0.2) is 30.9 Å². The van der Waals surface area contributed by atoms with Crippen molar-refractivity contribution in [3.05, 3.63) is 66.1 Å². The molecule has 0 aliphatic heterocycles. The number of nitrogens with zero attached hydrogens (tertiary/aromatic N) is 2. The second-order valence-corrected chi connectivity index (χ2v) is 7.33. The first-order valence-corrected chi connectivity index (χ1v) is 9.24. The van der Waals surface area contributed by atoms with E-state index in [4.69, 9.17) is 0 Å². The van der Waals surface area contributed by atoms with Crippen LogP contribution in [0.3, 0.4) is 0 Å². The van der Waals surface area contributed by atoms with Crippen molar-refractivity contribution in [2.24, 2.45) is 0 Å². The first-order valence-electron chi connectivity index (χ1n) is 7.76. The highest BCUT2D eigenvalue weighted by molar-refractivity contribution is 7.89. The van der Waals surface area contributed by atoms with Crippen LogP contribution < -0.4 is 4.72 Å². The SMILES string of the molecule is O=C(CNS(=O)(=O)c1ccccc1)c1ccc(-c2noc(C(F)(F)F)n2)cc1. The van der Waals surface area contributed by atoms with E-state index < -0.39 is 34.4 Å². The maximum atomic E-state index is 12.5. The summed E-state index contributed by atoms with van der Waals surface area (Å²) in [5.74, 6) is -2.27. The van der Waals surface area contributed by atoms with Crippen molar-refractivity contribution in [3.8, 4) is 11.4 Å². The summed E-state index contributed by atoms with van der Waals surface area (Å²) in [5, 5.41) is 3.25. The molecule has 0 radical (unpaired) electrons. The fraction of sp³-hybridized carbons (Fsp3) is 0.118. The van der Waals surface area contributed by atoms with Crippen LogP contribution >= 0.6 is 0 Å². The number of rotatable bonds is 6. The summed E-state index contributed by atoms with van der Waals surface area (Å²) < 4.78 is 68.0. The third kappa shape index (κ3) is 4.43. The van der Waals surface area contributed by atoms with E-state index in [-0.39, 0.29) is 21.8 Å². The molecule has 0 aliphatic rings. The Balaban J connectivity index is 1.68. The second-order valence-electron chi connectivity index (χ2n) is 5.56. The fourth-order valence-electron chi connectivity index (χ4n) is 2.21. The highest BCUT2D eigenvalue weighted by Crippen LogP contribution is 2.29. The fourth-order valence-corrected chi connectivity index (χ4v) is 3.21. The molecule has 1 aromatic heterocycles.